The number of hydrogen-bond acceptors (Lipinski definition) is 2. The van der Waals surface area contributed by atoms with Crippen LogP contribution in [0.15, 0.2) is 11.6 Å². The van der Waals surface area contributed by atoms with Crippen molar-refractivity contribution >= 4 is 11.6 Å². The highest BCUT2D eigenvalue weighted by Gasteiger charge is 2.41. The molecular formula is C20H34O2. The number of allylic oxidation sites excluding steroid dienone is 2. The van der Waals surface area contributed by atoms with E-state index in [9.17, 15) is 9.59 Å². The van der Waals surface area contributed by atoms with Gasteiger partial charge in [-0.2, -0.15) is 0 Å². The van der Waals surface area contributed by atoms with Crippen molar-refractivity contribution in [2.24, 2.45) is 5.41 Å². The van der Waals surface area contributed by atoms with Gasteiger partial charge in [0.25, 0.3) is 0 Å². The van der Waals surface area contributed by atoms with Gasteiger partial charge in [0.05, 0.1) is 0 Å². The molecule has 0 unspecified atom stereocenters. The van der Waals surface area contributed by atoms with Crippen molar-refractivity contribution in [2.45, 2.75) is 97.8 Å². The number of carbonyl (C=O) groups is 2. The minimum Gasteiger partial charge on any atom is -0.300 e. The first-order valence-corrected chi connectivity index (χ1v) is 9.29. The highest BCUT2D eigenvalue weighted by molar-refractivity contribution is 5.99. The molecule has 2 heteroatoms. The van der Waals surface area contributed by atoms with Gasteiger partial charge in [0, 0.05) is 12.8 Å². The lowest BCUT2D eigenvalue weighted by molar-refractivity contribution is -0.117. The van der Waals surface area contributed by atoms with E-state index in [1.54, 1.807) is 6.92 Å². The zero-order chi connectivity index (χ0) is 16.4. The Labute approximate surface area is 136 Å². The summed E-state index contributed by atoms with van der Waals surface area (Å²) in [6, 6.07) is 0. The van der Waals surface area contributed by atoms with Gasteiger partial charge < -0.3 is 4.79 Å². The van der Waals surface area contributed by atoms with Crippen LogP contribution >= 0.6 is 0 Å². The molecule has 0 radical (unpaired) electrons. The largest absolute Gasteiger partial charge is 0.300 e. The SMILES string of the molecule is CCCCCC1(CCCCC)CCC(=O)/C1=C/CCC(C)=O. The van der Waals surface area contributed by atoms with Gasteiger partial charge in [0.2, 0.25) is 0 Å². The van der Waals surface area contributed by atoms with E-state index in [2.05, 4.69) is 19.9 Å². The average molecular weight is 306 g/mol. The van der Waals surface area contributed by atoms with Gasteiger partial charge in [0.15, 0.2) is 5.78 Å². The lowest BCUT2D eigenvalue weighted by atomic mass is 9.73. The second-order valence-electron chi connectivity index (χ2n) is 6.98. The van der Waals surface area contributed by atoms with E-state index < -0.39 is 0 Å². The number of carbonyl (C=O) groups excluding carboxylic acids is 2. The zero-order valence-corrected chi connectivity index (χ0v) is 14.9. The van der Waals surface area contributed by atoms with E-state index in [0.717, 1.165) is 31.3 Å². The predicted molar refractivity (Wildman–Crippen MR) is 93.0 cm³/mol. The highest BCUT2D eigenvalue weighted by Crippen LogP contribution is 2.49. The van der Waals surface area contributed by atoms with Crippen molar-refractivity contribution in [3.05, 3.63) is 11.6 Å². The lowest BCUT2D eigenvalue weighted by Gasteiger charge is -2.31. The van der Waals surface area contributed by atoms with Crippen molar-refractivity contribution in [1.82, 2.24) is 0 Å². The van der Waals surface area contributed by atoms with E-state index in [1.807, 2.05) is 0 Å². The number of Topliss-reactive ketones (excluding diaryl/α,β-unsaturated/α-hetero) is 2. The van der Waals surface area contributed by atoms with Crippen LogP contribution in [0.25, 0.3) is 0 Å². The monoisotopic (exact) mass is 306 g/mol. The van der Waals surface area contributed by atoms with Crippen LogP contribution in [0, 0.1) is 5.41 Å². The van der Waals surface area contributed by atoms with Crippen LogP contribution in [0.4, 0.5) is 0 Å². The minimum atomic E-state index is 0.123. The summed E-state index contributed by atoms with van der Waals surface area (Å²) in [5.74, 6) is 0.557. The fourth-order valence-electron chi connectivity index (χ4n) is 3.74. The van der Waals surface area contributed by atoms with Gasteiger partial charge in [-0.3, -0.25) is 4.79 Å². The Morgan fingerprint density at radius 1 is 1.09 bits per heavy atom. The van der Waals surface area contributed by atoms with Crippen LogP contribution in [0.3, 0.4) is 0 Å². The first-order valence-electron chi connectivity index (χ1n) is 9.29. The summed E-state index contributed by atoms with van der Waals surface area (Å²) in [6.07, 6.45) is 14.9. The molecule has 0 aromatic rings. The summed E-state index contributed by atoms with van der Waals surface area (Å²) in [5, 5.41) is 0. The Morgan fingerprint density at radius 3 is 2.18 bits per heavy atom. The van der Waals surface area contributed by atoms with Gasteiger partial charge in [0.1, 0.15) is 5.78 Å². The number of ketones is 2. The molecule has 1 rings (SSSR count). The van der Waals surface area contributed by atoms with Crippen LogP contribution in [0.2, 0.25) is 0 Å². The molecule has 0 atom stereocenters. The third-order valence-electron chi connectivity index (χ3n) is 5.07. The van der Waals surface area contributed by atoms with Crippen LogP contribution < -0.4 is 0 Å². The zero-order valence-electron chi connectivity index (χ0n) is 14.9. The van der Waals surface area contributed by atoms with Crippen LogP contribution in [-0.2, 0) is 9.59 Å². The van der Waals surface area contributed by atoms with E-state index in [0.29, 0.717) is 18.6 Å². The predicted octanol–water partition coefficient (Wildman–Crippen LogP) is 5.79. The van der Waals surface area contributed by atoms with Crippen LogP contribution in [0.5, 0.6) is 0 Å². The maximum absolute atomic E-state index is 12.4. The van der Waals surface area contributed by atoms with Crippen molar-refractivity contribution in [3.63, 3.8) is 0 Å². The van der Waals surface area contributed by atoms with E-state index >= 15 is 0 Å². The molecule has 2 nitrogen and oxygen atoms in total. The molecule has 1 saturated carbocycles. The molecule has 0 spiro atoms. The van der Waals surface area contributed by atoms with E-state index in [4.69, 9.17) is 0 Å². The topological polar surface area (TPSA) is 34.1 Å². The first-order chi connectivity index (χ1) is 10.6. The normalized spacial score (nSPS) is 19.0. The molecule has 0 bridgehead atoms. The minimum absolute atomic E-state index is 0.123. The maximum atomic E-state index is 12.4. The van der Waals surface area contributed by atoms with Gasteiger partial charge >= 0.3 is 0 Å². The first kappa shape index (κ1) is 19.1. The number of hydrogen-bond donors (Lipinski definition) is 0. The molecule has 1 fully saturated rings. The summed E-state index contributed by atoms with van der Waals surface area (Å²) in [7, 11) is 0. The third-order valence-corrected chi connectivity index (χ3v) is 5.07. The summed E-state index contributed by atoms with van der Waals surface area (Å²) < 4.78 is 0. The lowest BCUT2D eigenvalue weighted by Crippen LogP contribution is -2.21. The third kappa shape index (κ3) is 5.70. The molecule has 0 heterocycles. The number of rotatable bonds is 11. The van der Waals surface area contributed by atoms with Crippen molar-refractivity contribution < 1.29 is 9.59 Å². The molecule has 0 aliphatic heterocycles. The van der Waals surface area contributed by atoms with E-state index in [1.165, 1.54) is 38.5 Å². The molecule has 22 heavy (non-hydrogen) atoms. The molecule has 0 amide bonds. The summed E-state index contributed by atoms with van der Waals surface area (Å²) in [4.78, 5) is 23.5. The second-order valence-corrected chi connectivity index (χ2v) is 6.98. The van der Waals surface area contributed by atoms with Crippen molar-refractivity contribution in [2.75, 3.05) is 0 Å². The molecule has 1 aliphatic carbocycles. The maximum Gasteiger partial charge on any atom is 0.159 e. The average Bonchev–Trinajstić information content (AvgIpc) is 2.77. The van der Waals surface area contributed by atoms with Crippen LogP contribution in [0.1, 0.15) is 97.8 Å². The van der Waals surface area contributed by atoms with Crippen molar-refractivity contribution in [1.29, 1.82) is 0 Å². The Morgan fingerprint density at radius 2 is 1.68 bits per heavy atom. The summed E-state index contributed by atoms with van der Waals surface area (Å²) >= 11 is 0. The molecule has 0 aromatic heterocycles. The van der Waals surface area contributed by atoms with E-state index in [-0.39, 0.29) is 11.2 Å². The molecular weight excluding hydrogens is 272 g/mol. The molecule has 0 N–H and O–H groups in total. The smallest absolute Gasteiger partial charge is 0.159 e. The van der Waals surface area contributed by atoms with Gasteiger partial charge in [-0.25, -0.2) is 0 Å². The molecule has 0 aromatic carbocycles. The summed E-state index contributed by atoms with van der Waals surface area (Å²) in [5.41, 5.74) is 1.19. The quantitative estimate of drug-likeness (QED) is 0.357. The van der Waals surface area contributed by atoms with Gasteiger partial charge in [-0.15, -0.1) is 0 Å². The molecule has 126 valence electrons. The molecule has 1 aliphatic rings. The fraction of sp³-hybridized carbons (Fsp3) is 0.800. The second kappa shape index (κ2) is 9.97. The van der Waals surface area contributed by atoms with Crippen LogP contribution in [-0.4, -0.2) is 11.6 Å². The molecule has 0 saturated heterocycles. The van der Waals surface area contributed by atoms with Crippen molar-refractivity contribution in [3.8, 4) is 0 Å². The number of unbranched alkanes of at least 4 members (excludes halogenated alkanes) is 4. The van der Waals surface area contributed by atoms with Gasteiger partial charge in [-0.05, 0) is 43.6 Å². The Hall–Kier alpha value is -0.920. The van der Waals surface area contributed by atoms with Gasteiger partial charge in [-0.1, -0.05) is 58.4 Å². The standard InChI is InChI=1S/C20H34O2/c1-4-6-8-14-20(15-9-7-5-2)16-13-19(22)18(20)12-10-11-17(3)21/h12H,4-11,13-16H2,1-3H3/b18-12-. The Balaban J connectivity index is 2.83. The highest BCUT2D eigenvalue weighted by atomic mass is 16.1. The fourth-order valence-corrected chi connectivity index (χ4v) is 3.74. The Kier molecular flexibility index (Phi) is 8.67. The Bertz CT molecular complexity index is 383. The summed E-state index contributed by atoms with van der Waals surface area (Å²) in [6.45, 7) is 6.09.